The number of nitrogens with one attached hydrogen (secondary N) is 5. The smallest absolute Gasteiger partial charge is 0.246 e. The summed E-state index contributed by atoms with van der Waals surface area (Å²) in [4.78, 5) is 89.5. The van der Waals surface area contributed by atoms with Gasteiger partial charge in [0.15, 0.2) is 5.96 Å². The molecule has 1 aliphatic carbocycles. The van der Waals surface area contributed by atoms with Crippen LogP contribution in [0.2, 0.25) is 0 Å². The number of amides is 6. The molecule has 2 aliphatic rings. The molecule has 0 unspecified atom stereocenters. The minimum atomic E-state index is -1.15. The van der Waals surface area contributed by atoms with Crippen molar-refractivity contribution in [3.63, 3.8) is 0 Å². The maximum atomic E-state index is 15.1. The Labute approximate surface area is 400 Å². The number of carbonyl (C=O) groups is 6. The lowest BCUT2D eigenvalue weighted by Crippen LogP contribution is -2.62. The van der Waals surface area contributed by atoms with Crippen molar-refractivity contribution in [1.82, 2.24) is 31.5 Å². The fourth-order valence-electron chi connectivity index (χ4n) is 8.45. The van der Waals surface area contributed by atoms with Gasteiger partial charge in [-0.05, 0) is 54.2 Å². The molecular formula is C49H75N9O10. The summed E-state index contributed by atoms with van der Waals surface area (Å²) in [6, 6.07) is 11.7. The van der Waals surface area contributed by atoms with Crippen LogP contribution in [0.1, 0.15) is 82.4 Å². The normalized spacial score (nSPS) is 16.6. The van der Waals surface area contributed by atoms with Gasteiger partial charge in [-0.25, -0.2) is 0 Å². The number of carbonyl (C=O) groups excluding carboxylic acids is 6. The van der Waals surface area contributed by atoms with Gasteiger partial charge in [-0.3, -0.25) is 33.8 Å². The minimum Gasteiger partial charge on any atom is -0.382 e. The maximum absolute atomic E-state index is 15.1. The molecule has 1 fully saturated rings. The van der Waals surface area contributed by atoms with E-state index < -0.39 is 59.7 Å². The zero-order valence-electron chi connectivity index (χ0n) is 40.3. The monoisotopic (exact) mass is 950 g/mol. The lowest BCUT2D eigenvalue weighted by Gasteiger charge is -2.39. The first kappa shape index (κ1) is 55.0. The van der Waals surface area contributed by atoms with Crippen LogP contribution in [0.4, 0.5) is 0 Å². The second-order valence-corrected chi connectivity index (χ2v) is 17.6. The first-order chi connectivity index (χ1) is 32.8. The highest BCUT2D eigenvalue weighted by Crippen LogP contribution is 2.28. The molecule has 1 heterocycles. The zero-order chi connectivity index (χ0) is 49.3. The molecule has 1 saturated carbocycles. The number of ether oxygens (including phenoxy) is 4. The highest BCUT2D eigenvalue weighted by Gasteiger charge is 2.41. The van der Waals surface area contributed by atoms with E-state index in [9.17, 15) is 24.0 Å². The number of hydrogen-bond donors (Lipinski definition) is 7. The number of methoxy groups -OCH3 is 1. The van der Waals surface area contributed by atoms with E-state index >= 15 is 4.79 Å². The van der Waals surface area contributed by atoms with Gasteiger partial charge in [0, 0.05) is 46.5 Å². The Morgan fingerprint density at radius 1 is 0.735 bits per heavy atom. The molecular weight excluding hydrogens is 875 g/mol. The molecule has 2 aromatic rings. The third-order valence-electron chi connectivity index (χ3n) is 12.0. The van der Waals surface area contributed by atoms with Crippen LogP contribution in [0, 0.1) is 11.8 Å². The van der Waals surface area contributed by atoms with E-state index in [4.69, 9.17) is 30.4 Å². The Morgan fingerprint density at radius 2 is 1.37 bits per heavy atom. The number of hydrogen-bond acceptors (Lipinski definition) is 11. The van der Waals surface area contributed by atoms with Crippen molar-refractivity contribution in [2.45, 2.75) is 115 Å². The van der Waals surface area contributed by atoms with Gasteiger partial charge >= 0.3 is 0 Å². The summed E-state index contributed by atoms with van der Waals surface area (Å²) >= 11 is 0. The second kappa shape index (κ2) is 30.0. The van der Waals surface area contributed by atoms with E-state index in [1.54, 1.807) is 21.0 Å². The summed E-state index contributed by atoms with van der Waals surface area (Å²) in [7, 11) is 1.61. The molecule has 0 saturated heterocycles. The van der Waals surface area contributed by atoms with Gasteiger partial charge in [0.25, 0.3) is 0 Å². The van der Waals surface area contributed by atoms with E-state index in [-0.39, 0.29) is 69.2 Å². The number of fused-ring (bicyclic) bond motifs is 1. The third kappa shape index (κ3) is 18.8. The van der Waals surface area contributed by atoms with Crippen LogP contribution in [-0.2, 0) is 67.1 Å². The lowest BCUT2D eigenvalue weighted by atomic mass is 9.83. The predicted molar refractivity (Wildman–Crippen MR) is 257 cm³/mol. The predicted octanol–water partition coefficient (Wildman–Crippen LogP) is 1.24. The second-order valence-electron chi connectivity index (χ2n) is 17.6. The van der Waals surface area contributed by atoms with Gasteiger partial charge in [0.2, 0.25) is 35.4 Å². The average Bonchev–Trinajstić information content (AvgIpc) is 3.33. The Kier molecular flexibility index (Phi) is 24.2. The summed E-state index contributed by atoms with van der Waals surface area (Å²) in [6.45, 7) is 8.08. The summed E-state index contributed by atoms with van der Waals surface area (Å²) in [5.74, 6) is -3.52. The molecule has 0 bridgehead atoms. The fraction of sp³-hybridized carbons (Fsp3) is 0.612. The molecule has 1 aliphatic heterocycles. The number of benzene rings is 2. The Morgan fingerprint density at radius 3 is 2.00 bits per heavy atom. The largest absolute Gasteiger partial charge is 0.382 e. The van der Waals surface area contributed by atoms with Gasteiger partial charge in [-0.15, -0.1) is 0 Å². The first-order valence-corrected chi connectivity index (χ1v) is 23.9. The minimum absolute atomic E-state index is 0.0559. The van der Waals surface area contributed by atoms with Gasteiger partial charge < -0.3 is 61.9 Å². The van der Waals surface area contributed by atoms with Crippen molar-refractivity contribution in [3.05, 3.63) is 71.3 Å². The van der Waals surface area contributed by atoms with E-state index in [0.29, 0.717) is 58.9 Å². The molecule has 0 spiro atoms. The van der Waals surface area contributed by atoms with E-state index in [1.165, 1.54) is 11.8 Å². The Bertz CT molecular complexity index is 1930. The standard InChI is InChI=1S/C49H75N9O10/c1-33(2)42(54-34(3)59)46(62)57-43(36-16-9-6-10-17-36)47(63)55-39(20-13-21-53-49(50)51)48(64)58-32-38-19-12-11-18-37(38)31-41(58)45(61)56-40(30-35-14-7-5-8-15-35)44(60)52-22-23-66-26-27-68-29-28-67-25-24-65-4/h5,7-8,11-12,14-15,18-19,33,36,39-43H,6,9-10,13,16-17,20-32H2,1-4H3,(H,52,60)(H,54,59)(H,55,63)(H,56,61)(H,57,62)(H4,50,51,53)/t39-,40-,41-,42-,43-/m0/s1. The molecule has 5 atom stereocenters. The van der Waals surface area contributed by atoms with Gasteiger partial charge in [0.05, 0.1) is 46.2 Å². The third-order valence-corrected chi connectivity index (χ3v) is 12.0. The zero-order valence-corrected chi connectivity index (χ0v) is 40.3. The molecule has 19 heteroatoms. The molecule has 19 nitrogen and oxygen atoms in total. The summed E-state index contributed by atoms with van der Waals surface area (Å²) in [5.41, 5.74) is 13.8. The lowest BCUT2D eigenvalue weighted by molar-refractivity contribution is -0.146. The quantitative estimate of drug-likeness (QED) is 0.0345. The number of nitrogens with two attached hydrogens (primary N) is 2. The first-order valence-electron chi connectivity index (χ1n) is 23.9. The van der Waals surface area contributed by atoms with Crippen LogP contribution in [0.3, 0.4) is 0 Å². The van der Waals surface area contributed by atoms with Crippen LogP contribution in [0.25, 0.3) is 0 Å². The van der Waals surface area contributed by atoms with Crippen molar-refractivity contribution >= 4 is 41.4 Å². The van der Waals surface area contributed by atoms with Gasteiger partial charge in [0.1, 0.15) is 30.2 Å². The Hall–Kier alpha value is -5.63. The molecule has 0 radical (unpaired) electrons. The van der Waals surface area contributed by atoms with Crippen LogP contribution in [0.15, 0.2) is 59.6 Å². The van der Waals surface area contributed by atoms with E-state index in [0.717, 1.165) is 36.0 Å². The molecule has 6 amide bonds. The van der Waals surface area contributed by atoms with Crippen LogP contribution in [-0.4, -0.2) is 143 Å². The molecule has 9 N–H and O–H groups in total. The number of nitrogens with zero attached hydrogens (tertiary/aromatic N) is 2. The number of rotatable bonds is 29. The van der Waals surface area contributed by atoms with E-state index in [1.807, 2.05) is 54.6 Å². The number of aliphatic imine (C=N–C) groups is 1. The van der Waals surface area contributed by atoms with Crippen LogP contribution < -0.4 is 38.1 Å². The molecule has 2 aromatic carbocycles. The van der Waals surface area contributed by atoms with Crippen LogP contribution in [0.5, 0.6) is 0 Å². The average molecular weight is 950 g/mol. The topological polar surface area (TPSA) is 267 Å². The van der Waals surface area contributed by atoms with Gasteiger partial charge in [-0.2, -0.15) is 0 Å². The number of guanidine groups is 1. The van der Waals surface area contributed by atoms with Gasteiger partial charge in [-0.1, -0.05) is 87.7 Å². The molecule has 376 valence electrons. The molecule has 4 rings (SSSR count). The SMILES string of the molecule is COCCOCCOCCOCCNC(=O)[C@H](Cc1ccccc1)NC(=O)[C@@H]1Cc2ccccc2CN1C(=O)[C@H](CCCN=C(N)N)NC(=O)[C@@H](NC(=O)[C@@H](NC(C)=O)C(C)C)C1CCCCC1. The highest BCUT2D eigenvalue weighted by molar-refractivity contribution is 5.97. The van der Waals surface area contributed by atoms with E-state index in [2.05, 4.69) is 31.6 Å². The summed E-state index contributed by atoms with van der Waals surface area (Å²) < 4.78 is 21.5. The summed E-state index contributed by atoms with van der Waals surface area (Å²) in [6.07, 6.45) is 4.84. The van der Waals surface area contributed by atoms with Crippen molar-refractivity contribution in [1.29, 1.82) is 0 Å². The maximum Gasteiger partial charge on any atom is 0.246 e. The summed E-state index contributed by atoms with van der Waals surface area (Å²) in [5, 5.41) is 14.5. The molecule has 0 aromatic heterocycles. The molecule has 68 heavy (non-hydrogen) atoms. The Balaban J connectivity index is 1.55. The van der Waals surface area contributed by atoms with Crippen molar-refractivity contribution in [2.24, 2.45) is 28.3 Å². The highest BCUT2D eigenvalue weighted by atomic mass is 16.6. The van der Waals surface area contributed by atoms with Crippen molar-refractivity contribution in [2.75, 3.05) is 66.4 Å². The fourth-order valence-corrected chi connectivity index (χ4v) is 8.45. The van der Waals surface area contributed by atoms with Crippen LogP contribution >= 0.6 is 0 Å². The van der Waals surface area contributed by atoms with Crippen molar-refractivity contribution < 1.29 is 47.7 Å². The van der Waals surface area contributed by atoms with Crippen molar-refractivity contribution in [3.8, 4) is 0 Å².